The number of epoxide rings is 1. The van der Waals surface area contributed by atoms with Crippen molar-refractivity contribution >= 4 is 35.6 Å². The van der Waals surface area contributed by atoms with E-state index in [1.54, 1.807) is 6.92 Å². The summed E-state index contributed by atoms with van der Waals surface area (Å²) in [6, 6.07) is 0. The molecule has 2 heterocycles. The molecule has 15 nitrogen and oxygen atoms in total. The second-order valence-electron chi connectivity index (χ2n) is 12.4. The van der Waals surface area contributed by atoms with E-state index >= 15 is 0 Å². The molecule has 2 rings (SSSR count). The Balaban J connectivity index is 2.31. The third-order valence-electron chi connectivity index (χ3n) is 8.12. The van der Waals surface area contributed by atoms with Crippen LogP contribution in [0.3, 0.4) is 0 Å². The Kier molecular flexibility index (Phi) is 18.5. The molecule has 2 aliphatic heterocycles. The van der Waals surface area contributed by atoms with Crippen molar-refractivity contribution < 1.29 is 62.7 Å². The van der Waals surface area contributed by atoms with Crippen LogP contribution in [0.1, 0.15) is 85.5 Å². The first-order chi connectivity index (χ1) is 24.2. The topological polar surface area (TPSA) is 216 Å². The highest BCUT2D eigenvalue weighted by molar-refractivity contribution is 5.96. The summed E-state index contributed by atoms with van der Waals surface area (Å²) in [6.07, 6.45) is 5.22. The highest BCUT2D eigenvalue weighted by Gasteiger charge is 2.53. The van der Waals surface area contributed by atoms with Crippen molar-refractivity contribution in [1.82, 2.24) is 10.6 Å². The SMILES string of the molecule is CCCCCCCC(=O)OCC/C=C/[C@H](O)[C@H](O)[C@H]1OC(=O)/C=C\C=C\[C@@](OC)(C(C)=O)NC(=O)/C=C(/C)CC[C@H]2O[C@@H]2[C@H]1OC(=O)NC(C)=O. The van der Waals surface area contributed by atoms with Gasteiger partial charge in [-0.05, 0) is 45.6 Å². The number of rotatable bonds is 15. The van der Waals surface area contributed by atoms with Gasteiger partial charge in [0.1, 0.15) is 18.3 Å². The van der Waals surface area contributed by atoms with Gasteiger partial charge in [-0.1, -0.05) is 62.5 Å². The molecule has 2 aliphatic rings. The number of hydrogen-bond acceptors (Lipinski definition) is 13. The number of methoxy groups -OCH3 is 1. The average molecular weight is 721 g/mol. The second-order valence-corrected chi connectivity index (χ2v) is 12.4. The van der Waals surface area contributed by atoms with Gasteiger partial charge < -0.3 is 39.2 Å². The van der Waals surface area contributed by atoms with Crippen molar-refractivity contribution in [1.29, 1.82) is 0 Å². The first-order valence-corrected chi connectivity index (χ1v) is 17.2. The van der Waals surface area contributed by atoms with Crippen LogP contribution >= 0.6 is 0 Å². The minimum absolute atomic E-state index is 0.0430. The van der Waals surface area contributed by atoms with Crippen LogP contribution in [0.15, 0.2) is 48.1 Å². The van der Waals surface area contributed by atoms with E-state index in [4.69, 9.17) is 23.7 Å². The van der Waals surface area contributed by atoms with E-state index in [2.05, 4.69) is 12.2 Å². The predicted octanol–water partition coefficient (Wildman–Crippen LogP) is 2.78. The van der Waals surface area contributed by atoms with Crippen molar-refractivity contribution in [3.63, 3.8) is 0 Å². The van der Waals surface area contributed by atoms with Crippen LogP contribution in [0.5, 0.6) is 0 Å². The number of esters is 2. The smallest absolute Gasteiger partial charge is 0.414 e. The number of cyclic esters (lactones) is 1. The molecule has 3 amide bonds. The molecular weight excluding hydrogens is 668 g/mol. The standard InChI is InChI=1S/C36H52N2O13/c1-6-7-8-9-10-16-29(43)48-21-14-12-15-26(41)31(45)33-34(51-35(46)37-25(4)40)32-27(49-32)19-18-23(2)22-28(42)38-36(47-5,24(3)39)20-13-11-17-30(44)50-33/h11-13,15,17,20,22,26-27,31-34,41,45H,6-10,14,16,18-19,21H2,1-5H3,(H,38,42)(H,37,40,46)/b15-12+,17-11-,20-13+,23-22-/t26-,27+,31-,32-,33+,34+,36+/m0/s1. The van der Waals surface area contributed by atoms with Gasteiger partial charge in [0, 0.05) is 32.6 Å². The lowest BCUT2D eigenvalue weighted by atomic mass is 9.97. The number of allylic oxidation sites excluding steroid dienone is 3. The Morgan fingerprint density at radius 3 is 2.51 bits per heavy atom. The zero-order valence-corrected chi connectivity index (χ0v) is 30.0. The number of unbranched alkanes of at least 4 members (excludes halogenated alkanes) is 4. The molecule has 51 heavy (non-hydrogen) atoms. The van der Waals surface area contributed by atoms with Gasteiger partial charge >= 0.3 is 18.0 Å². The number of amides is 3. The fourth-order valence-corrected chi connectivity index (χ4v) is 5.25. The molecule has 15 heteroatoms. The normalized spacial score (nSPS) is 27.6. The first kappa shape index (κ1) is 43.0. The van der Waals surface area contributed by atoms with E-state index in [0.29, 0.717) is 24.8 Å². The molecule has 0 saturated carbocycles. The van der Waals surface area contributed by atoms with Crippen molar-refractivity contribution in [2.24, 2.45) is 0 Å². The largest absolute Gasteiger partial charge is 0.465 e. The number of carbonyl (C=O) groups excluding carboxylic acids is 6. The minimum atomic E-state index is -1.87. The fourth-order valence-electron chi connectivity index (χ4n) is 5.25. The second kappa shape index (κ2) is 21.9. The van der Waals surface area contributed by atoms with E-state index in [0.717, 1.165) is 45.1 Å². The summed E-state index contributed by atoms with van der Waals surface area (Å²) in [6.45, 7) is 6.14. The van der Waals surface area contributed by atoms with Crippen LogP contribution in [0.4, 0.5) is 4.79 Å². The number of Topliss-reactive ketones (excluding diaryl/α,β-unsaturated/α-hetero) is 1. The lowest BCUT2D eigenvalue weighted by Crippen LogP contribution is -2.53. The van der Waals surface area contributed by atoms with Gasteiger partial charge in [-0.25, -0.2) is 9.59 Å². The molecule has 4 N–H and O–H groups in total. The number of ketones is 1. The third kappa shape index (κ3) is 15.3. The van der Waals surface area contributed by atoms with Crippen LogP contribution in [-0.2, 0) is 47.7 Å². The number of aliphatic hydroxyl groups excluding tert-OH is 2. The van der Waals surface area contributed by atoms with Crippen molar-refractivity contribution in [3.8, 4) is 0 Å². The molecule has 0 spiro atoms. The number of fused-ring (bicyclic) bond motifs is 1. The number of nitrogens with one attached hydrogen (secondary N) is 2. The maximum Gasteiger partial charge on any atom is 0.414 e. The Morgan fingerprint density at radius 2 is 1.84 bits per heavy atom. The van der Waals surface area contributed by atoms with Crippen LogP contribution in [-0.4, -0.2) is 102 Å². The van der Waals surface area contributed by atoms with E-state index in [1.165, 1.54) is 50.5 Å². The number of hydrogen-bond donors (Lipinski definition) is 4. The molecule has 0 aliphatic carbocycles. The fraction of sp³-hybridized carbons (Fsp3) is 0.611. The Hall–Kier alpha value is -4.18. The first-order valence-electron chi connectivity index (χ1n) is 17.2. The number of alkyl carbamates (subject to hydrolysis) is 1. The van der Waals surface area contributed by atoms with Crippen molar-refractivity contribution in [2.45, 2.75) is 128 Å². The molecule has 0 aromatic carbocycles. The van der Waals surface area contributed by atoms with E-state index < -0.39 is 72.0 Å². The van der Waals surface area contributed by atoms with Gasteiger partial charge in [0.2, 0.25) is 17.5 Å². The van der Waals surface area contributed by atoms with Gasteiger partial charge in [0.25, 0.3) is 0 Å². The highest BCUT2D eigenvalue weighted by Crippen LogP contribution is 2.35. The van der Waals surface area contributed by atoms with E-state index in [9.17, 15) is 39.0 Å². The molecule has 1 saturated heterocycles. The lowest BCUT2D eigenvalue weighted by Gasteiger charge is -2.30. The van der Waals surface area contributed by atoms with E-state index in [1.807, 2.05) is 5.32 Å². The maximum absolute atomic E-state index is 13.0. The molecule has 0 unspecified atom stereocenters. The summed E-state index contributed by atoms with van der Waals surface area (Å²) in [4.78, 5) is 74.4. The number of carbonyl (C=O) groups is 6. The monoisotopic (exact) mass is 720 g/mol. The van der Waals surface area contributed by atoms with Crippen LogP contribution in [0, 0.1) is 0 Å². The number of aliphatic hydroxyl groups is 2. The summed E-state index contributed by atoms with van der Waals surface area (Å²) in [5, 5.41) is 26.7. The molecule has 0 aromatic rings. The lowest BCUT2D eigenvalue weighted by molar-refractivity contribution is -0.166. The predicted molar refractivity (Wildman–Crippen MR) is 183 cm³/mol. The van der Waals surface area contributed by atoms with Gasteiger partial charge in [0.05, 0.1) is 12.7 Å². The van der Waals surface area contributed by atoms with Gasteiger partial charge in [-0.3, -0.25) is 24.5 Å². The van der Waals surface area contributed by atoms with Gasteiger partial charge in [-0.15, -0.1) is 0 Å². The Morgan fingerprint density at radius 1 is 1.12 bits per heavy atom. The summed E-state index contributed by atoms with van der Waals surface area (Å²) in [7, 11) is 1.23. The Bertz CT molecular complexity index is 1340. The van der Waals surface area contributed by atoms with Crippen LogP contribution in [0.2, 0.25) is 0 Å². The van der Waals surface area contributed by atoms with E-state index in [-0.39, 0.29) is 19.0 Å². The average Bonchev–Trinajstić information content (AvgIpc) is 3.84. The molecule has 0 radical (unpaired) electrons. The van der Waals surface area contributed by atoms with Crippen molar-refractivity contribution in [3.05, 3.63) is 48.1 Å². The molecule has 0 bridgehead atoms. The van der Waals surface area contributed by atoms with Crippen LogP contribution < -0.4 is 10.6 Å². The summed E-state index contributed by atoms with van der Waals surface area (Å²) < 4.78 is 27.3. The number of imide groups is 1. The summed E-state index contributed by atoms with van der Waals surface area (Å²) in [5.41, 5.74) is -1.23. The summed E-state index contributed by atoms with van der Waals surface area (Å²) in [5.74, 6) is -3.27. The molecular formula is C36H52N2O13. The zero-order valence-electron chi connectivity index (χ0n) is 30.0. The minimum Gasteiger partial charge on any atom is -0.465 e. The highest BCUT2D eigenvalue weighted by atomic mass is 16.7. The zero-order chi connectivity index (χ0) is 38.0. The van der Waals surface area contributed by atoms with Crippen LogP contribution in [0.25, 0.3) is 0 Å². The van der Waals surface area contributed by atoms with Gasteiger partial charge in [-0.2, -0.15) is 0 Å². The molecule has 284 valence electrons. The third-order valence-corrected chi connectivity index (χ3v) is 8.12. The summed E-state index contributed by atoms with van der Waals surface area (Å²) >= 11 is 0. The quantitative estimate of drug-likeness (QED) is 0.0630. The number of ether oxygens (including phenoxy) is 5. The van der Waals surface area contributed by atoms with Crippen molar-refractivity contribution in [2.75, 3.05) is 13.7 Å². The maximum atomic E-state index is 13.0. The molecule has 7 atom stereocenters. The molecule has 1 fully saturated rings. The molecule has 0 aromatic heterocycles. The Labute approximate surface area is 298 Å². The van der Waals surface area contributed by atoms with Gasteiger partial charge in [0.15, 0.2) is 18.0 Å².